The fourth-order valence-electron chi connectivity index (χ4n) is 1.12. The Kier molecular flexibility index (Phi) is 2.40. The molecule has 3 nitrogen and oxygen atoms in total. The van der Waals surface area contributed by atoms with Crippen LogP contribution in [-0.2, 0) is 0 Å². The van der Waals surface area contributed by atoms with Crippen LogP contribution in [0.4, 0.5) is 4.39 Å². The molecule has 1 aliphatic heterocycles. The van der Waals surface area contributed by atoms with Crippen molar-refractivity contribution in [3.05, 3.63) is 24.3 Å². The molecule has 1 aliphatic rings. The van der Waals surface area contributed by atoms with E-state index in [0.717, 1.165) is 13.1 Å². The first-order valence-electron chi connectivity index (χ1n) is 4.31. The molecule has 0 bridgehead atoms. The Morgan fingerprint density at radius 1 is 1.46 bits per heavy atom. The number of rotatable bonds is 3. The third kappa shape index (κ3) is 2.15. The summed E-state index contributed by atoms with van der Waals surface area (Å²) in [6.07, 6.45) is 2.64. The van der Waals surface area contributed by atoms with Gasteiger partial charge in [-0.3, -0.25) is 4.90 Å². The highest BCUT2D eigenvalue weighted by Crippen LogP contribution is 2.11. The molecule has 0 amide bonds. The SMILES string of the molecule is Fc1ccc(OCN2CCC2)cn1. The maximum atomic E-state index is 12.4. The van der Waals surface area contributed by atoms with Crippen molar-refractivity contribution >= 4 is 0 Å². The van der Waals surface area contributed by atoms with E-state index in [1.54, 1.807) is 6.07 Å². The van der Waals surface area contributed by atoms with Gasteiger partial charge in [-0.05, 0) is 18.6 Å². The first kappa shape index (κ1) is 8.44. The van der Waals surface area contributed by atoms with Gasteiger partial charge in [0.15, 0.2) is 0 Å². The number of hydrogen-bond donors (Lipinski definition) is 0. The molecule has 2 rings (SSSR count). The lowest BCUT2D eigenvalue weighted by atomic mass is 10.2. The highest BCUT2D eigenvalue weighted by Gasteiger charge is 2.13. The fourth-order valence-corrected chi connectivity index (χ4v) is 1.12. The first-order chi connectivity index (χ1) is 6.34. The Labute approximate surface area is 76.1 Å². The highest BCUT2D eigenvalue weighted by molar-refractivity contribution is 5.15. The van der Waals surface area contributed by atoms with Gasteiger partial charge in [0, 0.05) is 13.1 Å². The number of halogens is 1. The first-order valence-corrected chi connectivity index (χ1v) is 4.31. The van der Waals surface area contributed by atoms with Crippen molar-refractivity contribution in [3.63, 3.8) is 0 Å². The molecule has 0 saturated carbocycles. The molecule has 0 spiro atoms. The summed E-state index contributed by atoms with van der Waals surface area (Å²) < 4.78 is 17.7. The summed E-state index contributed by atoms with van der Waals surface area (Å²) in [5.74, 6) is 0.143. The Balaban J connectivity index is 1.83. The van der Waals surface area contributed by atoms with Crippen LogP contribution in [-0.4, -0.2) is 29.7 Å². The van der Waals surface area contributed by atoms with E-state index in [2.05, 4.69) is 9.88 Å². The quantitative estimate of drug-likeness (QED) is 0.658. The van der Waals surface area contributed by atoms with Gasteiger partial charge in [0.2, 0.25) is 5.95 Å². The minimum atomic E-state index is -0.476. The summed E-state index contributed by atoms with van der Waals surface area (Å²) in [7, 11) is 0. The van der Waals surface area contributed by atoms with Gasteiger partial charge in [0.1, 0.15) is 12.5 Å². The molecule has 0 radical (unpaired) electrons. The Bertz CT molecular complexity index is 271. The minimum Gasteiger partial charge on any atom is -0.477 e. The normalized spacial score (nSPS) is 16.7. The van der Waals surface area contributed by atoms with Crippen LogP contribution >= 0.6 is 0 Å². The van der Waals surface area contributed by atoms with Crippen LogP contribution in [0.5, 0.6) is 5.75 Å². The van der Waals surface area contributed by atoms with Gasteiger partial charge in [0.25, 0.3) is 0 Å². The second-order valence-corrected chi connectivity index (χ2v) is 3.06. The predicted octanol–water partition coefficient (Wildman–Crippen LogP) is 1.26. The van der Waals surface area contributed by atoms with E-state index in [-0.39, 0.29) is 0 Å². The standard InChI is InChI=1S/C9H11FN2O/c10-9-3-2-8(6-11-9)13-7-12-4-1-5-12/h2-3,6H,1,4-5,7H2. The number of likely N-dealkylation sites (tertiary alicyclic amines) is 1. The van der Waals surface area contributed by atoms with Gasteiger partial charge in [-0.15, -0.1) is 0 Å². The van der Waals surface area contributed by atoms with Gasteiger partial charge in [0.05, 0.1) is 6.20 Å². The Morgan fingerprint density at radius 2 is 2.31 bits per heavy atom. The average molecular weight is 182 g/mol. The van der Waals surface area contributed by atoms with Crippen molar-refractivity contribution in [2.45, 2.75) is 6.42 Å². The van der Waals surface area contributed by atoms with Crippen LogP contribution in [0, 0.1) is 5.95 Å². The van der Waals surface area contributed by atoms with Crippen molar-refractivity contribution in [2.75, 3.05) is 19.8 Å². The van der Waals surface area contributed by atoms with Crippen molar-refractivity contribution in [1.82, 2.24) is 9.88 Å². The van der Waals surface area contributed by atoms with Gasteiger partial charge in [-0.2, -0.15) is 4.39 Å². The average Bonchev–Trinajstić information content (AvgIpc) is 2.05. The Hall–Kier alpha value is -1.16. The lowest BCUT2D eigenvalue weighted by molar-refractivity contribution is 0.0727. The van der Waals surface area contributed by atoms with E-state index >= 15 is 0 Å². The topological polar surface area (TPSA) is 25.4 Å². The van der Waals surface area contributed by atoms with Crippen molar-refractivity contribution in [1.29, 1.82) is 0 Å². The second-order valence-electron chi connectivity index (χ2n) is 3.06. The molecule has 0 unspecified atom stereocenters. The molecule has 1 aromatic heterocycles. The Morgan fingerprint density at radius 3 is 2.85 bits per heavy atom. The second kappa shape index (κ2) is 3.70. The monoisotopic (exact) mass is 182 g/mol. The van der Waals surface area contributed by atoms with Crippen molar-refractivity contribution < 1.29 is 9.13 Å². The van der Waals surface area contributed by atoms with Crippen molar-refractivity contribution in [3.8, 4) is 5.75 Å². The fraction of sp³-hybridized carbons (Fsp3) is 0.444. The lowest BCUT2D eigenvalue weighted by Gasteiger charge is -2.29. The van der Waals surface area contributed by atoms with E-state index in [1.165, 1.54) is 18.7 Å². The van der Waals surface area contributed by atoms with E-state index in [1.807, 2.05) is 0 Å². The van der Waals surface area contributed by atoms with Crippen LogP contribution in [0.1, 0.15) is 6.42 Å². The lowest BCUT2D eigenvalue weighted by Crippen LogP contribution is -2.39. The molecule has 0 atom stereocenters. The van der Waals surface area contributed by atoms with E-state index in [9.17, 15) is 4.39 Å². The summed E-state index contributed by atoms with van der Waals surface area (Å²) in [5, 5.41) is 0. The number of ether oxygens (including phenoxy) is 1. The largest absolute Gasteiger partial charge is 0.477 e. The molecule has 0 aromatic carbocycles. The third-order valence-electron chi connectivity index (χ3n) is 2.06. The molecule has 1 fully saturated rings. The van der Waals surface area contributed by atoms with Gasteiger partial charge >= 0.3 is 0 Å². The molecule has 0 N–H and O–H groups in total. The highest BCUT2D eigenvalue weighted by atomic mass is 19.1. The predicted molar refractivity (Wildman–Crippen MR) is 45.9 cm³/mol. The van der Waals surface area contributed by atoms with Crippen LogP contribution in [0.3, 0.4) is 0 Å². The van der Waals surface area contributed by atoms with E-state index < -0.39 is 5.95 Å². The molecule has 1 saturated heterocycles. The van der Waals surface area contributed by atoms with E-state index in [0.29, 0.717) is 12.5 Å². The third-order valence-corrected chi connectivity index (χ3v) is 2.06. The summed E-state index contributed by atoms with van der Waals surface area (Å²) >= 11 is 0. The summed E-state index contributed by atoms with van der Waals surface area (Å²) in [5.41, 5.74) is 0. The van der Waals surface area contributed by atoms with E-state index in [4.69, 9.17) is 4.74 Å². The minimum absolute atomic E-state index is 0.476. The molecule has 13 heavy (non-hydrogen) atoms. The number of pyridine rings is 1. The molecule has 4 heteroatoms. The number of aromatic nitrogens is 1. The summed E-state index contributed by atoms with van der Waals surface area (Å²) in [6.45, 7) is 2.76. The zero-order valence-electron chi connectivity index (χ0n) is 7.24. The van der Waals surface area contributed by atoms with Crippen LogP contribution in [0.2, 0.25) is 0 Å². The van der Waals surface area contributed by atoms with Gasteiger partial charge in [-0.1, -0.05) is 0 Å². The molecular weight excluding hydrogens is 171 g/mol. The molecule has 70 valence electrons. The number of nitrogens with zero attached hydrogens (tertiary/aromatic N) is 2. The van der Waals surface area contributed by atoms with Crippen LogP contribution < -0.4 is 4.74 Å². The molecule has 0 aliphatic carbocycles. The zero-order chi connectivity index (χ0) is 9.10. The van der Waals surface area contributed by atoms with Crippen molar-refractivity contribution in [2.24, 2.45) is 0 Å². The maximum absolute atomic E-state index is 12.4. The van der Waals surface area contributed by atoms with Crippen LogP contribution in [0.15, 0.2) is 18.3 Å². The molecule has 1 aromatic rings. The smallest absolute Gasteiger partial charge is 0.213 e. The maximum Gasteiger partial charge on any atom is 0.213 e. The van der Waals surface area contributed by atoms with Gasteiger partial charge < -0.3 is 4.74 Å². The summed E-state index contributed by atoms with van der Waals surface area (Å²) in [6, 6.07) is 2.88. The number of hydrogen-bond acceptors (Lipinski definition) is 3. The molecule has 2 heterocycles. The zero-order valence-corrected chi connectivity index (χ0v) is 7.24. The summed E-state index contributed by atoms with van der Waals surface area (Å²) in [4.78, 5) is 5.66. The van der Waals surface area contributed by atoms with Gasteiger partial charge in [-0.25, -0.2) is 4.98 Å². The van der Waals surface area contributed by atoms with Crippen LogP contribution in [0.25, 0.3) is 0 Å². The molecular formula is C9H11FN2O.